The molecule has 0 amide bonds. The third-order valence-corrected chi connectivity index (χ3v) is 2.50. The number of imidazole rings is 1. The van der Waals surface area contributed by atoms with E-state index in [2.05, 4.69) is 4.98 Å². The van der Waals surface area contributed by atoms with Crippen LogP contribution >= 0.6 is 0 Å². The SMILES string of the molecule is CC(C)n1c(=O)[nH]c2cc(F)c([N+](=O)[O-])cc21. The normalized spacial score (nSPS) is 11.3. The van der Waals surface area contributed by atoms with Crippen molar-refractivity contribution < 1.29 is 9.31 Å². The quantitative estimate of drug-likeness (QED) is 0.642. The summed E-state index contributed by atoms with van der Waals surface area (Å²) >= 11 is 0. The lowest BCUT2D eigenvalue weighted by molar-refractivity contribution is -0.387. The van der Waals surface area contributed by atoms with Gasteiger partial charge in [0.25, 0.3) is 0 Å². The van der Waals surface area contributed by atoms with Gasteiger partial charge in [0.1, 0.15) is 0 Å². The minimum atomic E-state index is -0.959. The Hall–Kier alpha value is -2.18. The molecular formula is C10H10FN3O3. The summed E-state index contributed by atoms with van der Waals surface area (Å²) in [5, 5.41) is 10.6. The molecule has 0 radical (unpaired) electrons. The molecule has 0 atom stereocenters. The van der Waals surface area contributed by atoms with Crippen molar-refractivity contribution in [1.82, 2.24) is 9.55 Å². The molecule has 0 aliphatic rings. The van der Waals surface area contributed by atoms with Crippen LogP contribution in [0.4, 0.5) is 10.1 Å². The summed E-state index contributed by atoms with van der Waals surface area (Å²) in [5.74, 6) is -0.959. The lowest BCUT2D eigenvalue weighted by Gasteiger charge is -2.06. The molecule has 2 aromatic rings. The van der Waals surface area contributed by atoms with Crippen LogP contribution in [0.25, 0.3) is 11.0 Å². The second kappa shape index (κ2) is 3.69. The molecule has 1 N–H and O–H groups in total. The molecule has 2 rings (SSSR count). The van der Waals surface area contributed by atoms with Gasteiger partial charge in [0.05, 0.1) is 16.0 Å². The summed E-state index contributed by atoms with van der Waals surface area (Å²) in [5.41, 5.74) is -0.453. The number of hydrogen-bond acceptors (Lipinski definition) is 3. The van der Waals surface area contributed by atoms with Gasteiger partial charge in [-0.2, -0.15) is 4.39 Å². The molecule has 0 aliphatic heterocycles. The van der Waals surface area contributed by atoms with Gasteiger partial charge in [-0.3, -0.25) is 14.7 Å². The van der Waals surface area contributed by atoms with E-state index in [-0.39, 0.29) is 11.6 Å². The minimum Gasteiger partial charge on any atom is -0.305 e. The number of aromatic nitrogens is 2. The maximum absolute atomic E-state index is 13.3. The number of hydrogen-bond donors (Lipinski definition) is 1. The number of H-pyrrole nitrogens is 1. The van der Waals surface area contributed by atoms with Crippen LogP contribution in [0.5, 0.6) is 0 Å². The molecule has 7 heteroatoms. The lowest BCUT2D eigenvalue weighted by Crippen LogP contribution is -2.18. The van der Waals surface area contributed by atoms with Gasteiger partial charge in [0.2, 0.25) is 5.82 Å². The van der Waals surface area contributed by atoms with Gasteiger partial charge in [0, 0.05) is 18.2 Å². The van der Waals surface area contributed by atoms with Gasteiger partial charge in [-0.05, 0) is 13.8 Å². The Morgan fingerprint density at radius 3 is 2.65 bits per heavy atom. The van der Waals surface area contributed by atoms with Crippen molar-refractivity contribution >= 4 is 16.7 Å². The first-order valence-corrected chi connectivity index (χ1v) is 5.00. The fourth-order valence-corrected chi connectivity index (χ4v) is 1.79. The zero-order chi connectivity index (χ0) is 12.7. The van der Waals surface area contributed by atoms with Crippen molar-refractivity contribution in [3.63, 3.8) is 0 Å². The Morgan fingerprint density at radius 2 is 2.12 bits per heavy atom. The molecule has 0 fully saturated rings. The Morgan fingerprint density at radius 1 is 1.47 bits per heavy atom. The second-order valence-corrected chi connectivity index (χ2v) is 3.97. The molecule has 90 valence electrons. The molecule has 0 unspecified atom stereocenters. The average molecular weight is 239 g/mol. The topological polar surface area (TPSA) is 80.9 Å². The van der Waals surface area contributed by atoms with Crippen LogP contribution < -0.4 is 5.69 Å². The summed E-state index contributed by atoms with van der Waals surface area (Å²) in [4.78, 5) is 23.9. The number of fused-ring (bicyclic) bond motifs is 1. The zero-order valence-electron chi connectivity index (χ0n) is 9.23. The molecule has 1 aromatic carbocycles. The maximum Gasteiger partial charge on any atom is 0.326 e. The van der Waals surface area contributed by atoms with Gasteiger partial charge in [-0.1, -0.05) is 0 Å². The molecule has 0 aliphatic carbocycles. The first kappa shape index (κ1) is 11.3. The molecule has 17 heavy (non-hydrogen) atoms. The molecule has 1 heterocycles. The highest BCUT2D eigenvalue weighted by Gasteiger charge is 2.19. The van der Waals surface area contributed by atoms with E-state index in [0.29, 0.717) is 5.52 Å². The van der Waals surface area contributed by atoms with Crippen molar-refractivity contribution in [3.8, 4) is 0 Å². The fraction of sp³-hybridized carbons (Fsp3) is 0.300. The van der Waals surface area contributed by atoms with E-state index in [0.717, 1.165) is 12.1 Å². The van der Waals surface area contributed by atoms with E-state index in [4.69, 9.17) is 0 Å². The predicted octanol–water partition coefficient (Wildman–Crippen LogP) is 1.96. The third kappa shape index (κ3) is 1.69. The van der Waals surface area contributed by atoms with Gasteiger partial charge in [-0.25, -0.2) is 4.79 Å². The molecule has 1 aromatic heterocycles. The summed E-state index contributed by atoms with van der Waals surface area (Å²) in [6.45, 7) is 3.54. The van der Waals surface area contributed by atoms with Crippen molar-refractivity contribution in [1.29, 1.82) is 0 Å². The van der Waals surface area contributed by atoms with E-state index in [9.17, 15) is 19.3 Å². The monoisotopic (exact) mass is 239 g/mol. The lowest BCUT2D eigenvalue weighted by atomic mass is 10.2. The van der Waals surface area contributed by atoms with Gasteiger partial charge < -0.3 is 4.98 Å². The van der Waals surface area contributed by atoms with Gasteiger partial charge in [0.15, 0.2) is 0 Å². The van der Waals surface area contributed by atoms with E-state index < -0.39 is 22.1 Å². The highest BCUT2D eigenvalue weighted by atomic mass is 19.1. The van der Waals surface area contributed by atoms with Crippen LogP contribution in [0.3, 0.4) is 0 Å². The van der Waals surface area contributed by atoms with E-state index in [1.165, 1.54) is 4.57 Å². The van der Waals surface area contributed by atoms with Gasteiger partial charge >= 0.3 is 11.4 Å². The average Bonchev–Trinajstić information content (AvgIpc) is 2.51. The molecule has 0 spiro atoms. The summed E-state index contributed by atoms with van der Waals surface area (Å²) in [7, 11) is 0. The number of nitro groups is 1. The van der Waals surface area contributed by atoms with E-state index in [1.807, 2.05) is 0 Å². The number of halogens is 1. The second-order valence-electron chi connectivity index (χ2n) is 3.97. The van der Waals surface area contributed by atoms with Crippen LogP contribution in [0, 0.1) is 15.9 Å². The Balaban J connectivity index is 2.86. The van der Waals surface area contributed by atoms with Crippen molar-refractivity contribution in [2.75, 3.05) is 0 Å². The summed E-state index contributed by atoms with van der Waals surface area (Å²) < 4.78 is 14.7. The first-order chi connectivity index (χ1) is 7.91. The highest BCUT2D eigenvalue weighted by Crippen LogP contribution is 2.24. The Bertz CT molecular complexity index is 657. The molecule has 6 nitrogen and oxygen atoms in total. The number of nitro benzene ring substituents is 1. The standard InChI is InChI=1S/C10H10FN3O3/c1-5(2)13-9-4-8(14(16)17)6(11)3-7(9)12-10(13)15/h3-5H,1-2H3,(H,12,15). The molecule has 0 bridgehead atoms. The van der Waals surface area contributed by atoms with Crippen LogP contribution in [-0.2, 0) is 0 Å². The van der Waals surface area contributed by atoms with Crippen molar-refractivity contribution in [3.05, 3.63) is 38.5 Å². The van der Waals surface area contributed by atoms with Crippen LogP contribution in [0.15, 0.2) is 16.9 Å². The molecule has 0 saturated heterocycles. The summed E-state index contributed by atoms with van der Waals surface area (Å²) in [6, 6.07) is 1.87. The number of benzene rings is 1. The number of rotatable bonds is 2. The van der Waals surface area contributed by atoms with Crippen molar-refractivity contribution in [2.45, 2.75) is 19.9 Å². The Labute approximate surface area is 94.8 Å². The van der Waals surface area contributed by atoms with E-state index in [1.54, 1.807) is 13.8 Å². The zero-order valence-corrected chi connectivity index (χ0v) is 9.23. The van der Waals surface area contributed by atoms with Gasteiger partial charge in [-0.15, -0.1) is 0 Å². The van der Waals surface area contributed by atoms with Crippen LogP contribution in [-0.4, -0.2) is 14.5 Å². The number of nitrogens with zero attached hydrogens (tertiary/aromatic N) is 2. The predicted molar refractivity (Wildman–Crippen MR) is 59.6 cm³/mol. The van der Waals surface area contributed by atoms with Crippen LogP contribution in [0.1, 0.15) is 19.9 Å². The van der Waals surface area contributed by atoms with Crippen LogP contribution in [0.2, 0.25) is 0 Å². The largest absolute Gasteiger partial charge is 0.326 e. The molecule has 0 saturated carbocycles. The Kier molecular flexibility index (Phi) is 2.45. The fourth-order valence-electron chi connectivity index (χ4n) is 1.79. The van der Waals surface area contributed by atoms with Crippen molar-refractivity contribution in [2.24, 2.45) is 0 Å². The maximum atomic E-state index is 13.3. The minimum absolute atomic E-state index is 0.165. The number of aromatic amines is 1. The number of nitrogens with one attached hydrogen (secondary N) is 1. The van der Waals surface area contributed by atoms with E-state index >= 15 is 0 Å². The first-order valence-electron chi connectivity index (χ1n) is 5.00. The summed E-state index contributed by atoms with van der Waals surface area (Å²) in [6.07, 6.45) is 0. The smallest absolute Gasteiger partial charge is 0.305 e. The molecular weight excluding hydrogens is 229 g/mol. The highest BCUT2D eigenvalue weighted by molar-refractivity contribution is 5.78. The third-order valence-electron chi connectivity index (χ3n) is 2.50.